The van der Waals surface area contributed by atoms with Gasteiger partial charge in [-0.3, -0.25) is 4.79 Å². The van der Waals surface area contributed by atoms with Crippen LogP contribution in [0.15, 0.2) is 30.3 Å². The fraction of sp³-hybridized carbons (Fsp3) is 0.267. The standard InChI is InChI=1S/C15H16OS/c1-4-14-13(9-15(17-14)11(3)16)12-8-6-5-7-10(12)2/h5-9H,4H2,1-3H3. The second kappa shape index (κ2) is 4.84. The van der Waals surface area contributed by atoms with Gasteiger partial charge in [-0.2, -0.15) is 0 Å². The number of ketones is 1. The summed E-state index contributed by atoms with van der Waals surface area (Å²) in [6.45, 7) is 5.88. The lowest BCUT2D eigenvalue weighted by Gasteiger charge is -2.05. The van der Waals surface area contributed by atoms with Gasteiger partial charge in [-0.25, -0.2) is 0 Å². The molecule has 0 N–H and O–H groups in total. The maximum Gasteiger partial charge on any atom is 0.169 e. The average molecular weight is 244 g/mol. The summed E-state index contributed by atoms with van der Waals surface area (Å²) >= 11 is 1.62. The second-order valence-corrected chi connectivity index (χ2v) is 5.31. The van der Waals surface area contributed by atoms with Crippen molar-refractivity contribution in [3.05, 3.63) is 45.6 Å². The molecule has 2 aromatic rings. The zero-order chi connectivity index (χ0) is 12.4. The Morgan fingerprint density at radius 1 is 1.24 bits per heavy atom. The van der Waals surface area contributed by atoms with E-state index < -0.39 is 0 Å². The zero-order valence-electron chi connectivity index (χ0n) is 10.4. The maximum absolute atomic E-state index is 11.5. The van der Waals surface area contributed by atoms with Gasteiger partial charge in [0.15, 0.2) is 5.78 Å². The Kier molecular flexibility index (Phi) is 3.43. The van der Waals surface area contributed by atoms with E-state index in [-0.39, 0.29) is 5.78 Å². The lowest BCUT2D eigenvalue weighted by molar-refractivity contribution is 0.102. The number of aryl methyl sites for hydroxylation is 2. The van der Waals surface area contributed by atoms with Crippen LogP contribution in [-0.2, 0) is 6.42 Å². The Hall–Kier alpha value is -1.41. The topological polar surface area (TPSA) is 17.1 Å². The van der Waals surface area contributed by atoms with Crippen LogP contribution in [0, 0.1) is 6.92 Å². The van der Waals surface area contributed by atoms with Gasteiger partial charge in [0.05, 0.1) is 4.88 Å². The van der Waals surface area contributed by atoms with E-state index >= 15 is 0 Å². The molecule has 0 aliphatic rings. The first-order valence-corrected chi connectivity index (χ1v) is 6.64. The number of benzene rings is 1. The molecule has 0 amide bonds. The molecule has 0 unspecified atom stereocenters. The van der Waals surface area contributed by atoms with Crippen molar-refractivity contribution >= 4 is 17.1 Å². The van der Waals surface area contributed by atoms with Gasteiger partial charge < -0.3 is 0 Å². The number of carbonyl (C=O) groups is 1. The van der Waals surface area contributed by atoms with Gasteiger partial charge in [-0.05, 0) is 43.0 Å². The fourth-order valence-electron chi connectivity index (χ4n) is 1.97. The molecule has 17 heavy (non-hydrogen) atoms. The van der Waals surface area contributed by atoms with Crippen LogP contribution in [0.1, 0.15) is 34.0 Å². The Bertz CT molecular complexity index is 552. The largest absolute Gasteiger partial charge is 0.294 e. The summed E-state index contributed by atoms with van der Waals surface area (Å²) in [6.07, 6.45) is 0.974. The Labute approximate surface area is 106 Å². The number of hydrogen-bond acceptors (Lipinski definition) is 2. The first kappa shape index (κ1) is 12.1. The van der Waals surface area contributed by atoms with Gasteiger partial charge in [0.1, 0.15) is 0 Å². The predicted molar refractivity (Wildman–Crippen MR) is 73.9 cm³/mol. The van der Waals surface area contributed by atoms with Gasteiger partial charge in [-0.1, -0.05) is 31.2 Å². The lowest BCUT2D eigenvalue weighted by atomic mass is 10.00. The highest BCUT2D eigenvalue weighted by Crippen LogP contribution is 2.34. The van der Waals surface area contributed by atoms with E-state index in [0.29, 0.717) is 0 Å². The van der Waals surface area contributed by atoms with Gasteiger partial charge in [0.2, 0.25) is 0 Å². The van der Waals surface area contributed by atoms with Crippen LogP contribution in [0.25, 0.3) is 11.1 Å². The van der Waals surface area contributed by atoms with Gasteiger partial charge in [-0.15, -0.1) is 11.3 Å². The first-order chi connectivity index (χ1) is 8.13. The Morgan fingerprint density at radius 3 is 2.53 bits per heavy atom. The van der Waals surface area contributed by atoms with Crippen molar-refractivity contribution in [2.75, 3.05) is 0 Å². The highest BCUT2D eigenvalue weighted by molar-refractivity contribution is 7.14. The summed E-state index contributed by atoms with van der Waals surface area (Å²) in [4.78, 5) is 13.6. The molecule has 0 saturated carbocycles. The van der Waals surface area contributed by atoms with E-state index in [1.807, 2.05) is 18.2 Å². The van der Waals surface area contributed by atoms with Crippen molar-refractivity contribution in [3.63, 3.8) is 0 Å². The fourth-order valence-corrected chi connectivity index (χ4v) is 2.98. The van der Waals surface area contributed by atoms with E-state index in [1.165, 1.54) is 21.6 Å². The van der Waals surface area contributed by atoms with Crippen LogP contribution >= 0.6 is 11.3 Å². The smallest absolute Gasteiger partial charge is 0.169 e. The Morgan fingerprint density at radius 2 is 1.94 bits per heavy atom. The van der Waals surface area contributed by atoms with E-state index in [2.05, 4.69) is 26.0 Å². The third-order valence-electron chi connectivity index (χ3n) is 2.91. The summed E-state index contributed by atoms with van der Waals surface area (Å²) in [7, 11) is 0. The van der Waals surface area contributed by atoms with E-state index in [0.717, 1.165) is 11.3 Å². The minimum absolute atomic E-state index is 0.157. The molecule has 2 heteroatoms. The molecule has 1 aromatic carbocycles. The predicted octanol–water partition coefficient (Wildman–Crippen LogP) is 4.49. The molecule has 0 aliphatic carbocycles. The third kappa shape index (κ3) is 2.32. The molecular weight excluding hydrogens is 228 g/mol. The molecule has 88 valence electrons. The second-order valence-electron chi connectivity index (χ2n) is 4.17. The highest BCUT2D eigenvalue weighted by Gasteiger charge is 2.13. The van der Waals surface area contributed by atoms with Crippen LogP contribution in [0.5, 0.6) is 0 Å². The van der Waals surface area contributed by atoms with Crippen LogP contribution in [0.3, 0.4) is 0 Å². The van der Waals surface area contributed by atoms with Crippen LogP contribution < -0.4 is 0 Å². The van der Waals surface area contributed by atoms with Crippen molar-refractivity contribution in [2.24, 2.45) is 0 Å². The SMILES string of the molecule is CCc1sc(C(C)=O)cc1-c1ccccc1C. The molecule has 0 atom stereocenters. The summed E-state index contributed by atoms with van der Waals surface area (Å²) in [5, 5.41) is 0. The number of carbonyl (C=O) groups excluding carboxylic acids is 1. The molecule has 2 rings (SSSR count). The van der Waals surface area contributed by atoms with E-state index in [9.17, 15) is 4.79 Å². The summed E-state index contributed by atoms with van der Waals surface area (Å²) < 4.78 is 0. The minimum Gasteiger partial charge on any atom is -0.294 e. The van der Waals surface area contributed by atoms with Crippen molar-refractivity contribution in [2.45, 2.75) is 27.2 Å². The maximum atomic E-state index is 11.5. The Balaban J connectivity index is 2.59. The van der Waals surface area contributed by atoms with E-state index in [4.69, 9.17) is 0 Å². The van der Waals surface area contributed by atoms with Crippen LogP contribution in [-0.4, -0.2) is 5.78 Å². The third-order valence-corrected chi connectivity index (χ3v) is 4.29. The number of rotatable bonds is 3. The van der Waals surface area contributed by atoms with Crippen molar-refractivity contribution < 1.29 is 4.79 Å². The number of Topliss-reactive ketones (excluding diaryl/α,β-unsaturated/α-hetero) is 1. The molecule has 0 bridgehead atoms. The summed E-state index contributed by atoms with van der Waals surface area (Å²) in [6, 6.07) is 10.4. The number of thiophene rings is 1. The van der Waals surface area contributed by atoms with Crippen LogP contribution in [0.2, 0.25) is 0 Å². The highest BCUT2D eigenvalue weighted by atomic mass is 32.1. The molecule has 1 aromatic heterocycles. The van der Waals surface area contributed by atoms with E-state index in [1.54, 1.807) is 18.3 Å². The van der Waals surface area contributed by atoms with Crippen molar-refractivity contribution in [3.8, 4) is 11.1 Å². The molecule has 0 spiro atoms. The molecule has 1 nitrogen and oxygen atoms in total. The monoisotopic (exact) mass is 244 g/mol. The van der Waals surface area contributed by atoms with Crippen LogP contribution in [0.4, 0.5) is 0 Å². The van der Waals surface area contributed by atoms with Crippen molar-refractivity contribution in [1.82, 2.24) is 0 Å². The summed E-state index contributed by atoms with van der Waals surface area (Å²) in [5.74, 6) is 0.157. The normalized spacial score (nSPS) is 10.5. The summed E-state index contributed by atoms with van der Waals surface area (Å²) in [5.41, 5.74) is 3.73. The first-order valence-electron chi connectivity index (χ1n) is 5.83. The number of hydrogen-bond donors (Lipinski definition) is 0. The van der Waals surface area contributed by atoms with Gasteiger partial charge in [0.25, 0.3) is 0 Å². The van der Waals surface area contributed by atoms with Gasteiger partial charge >= 0.3 is 0 Å². The quantitative estimate of drug-likeness (QED) is 0.727. The molecule has 0 aliphatic heterocycles. The zero-order valence-corrected chi connectivity index (χ0v) is 11.2. The lowest BCUT2D eigenvalue weighted by Crippen LogP contribution is -1.85. The molecule has 1 heterocycles. The molecular formula is C15H16OS. The van der Waals surface area contributed by atoms with Gasteiger partial charge in [0, 0.05) is 4.88 Å². The molecule has 0 radical (unpaired) electrons. The minimum atomic E-state index is 0.157. The average Bonchev–Trinajstić information content (AvgIpc) is 2.73. The molecule has 0 saturated heterocycles. The van der Waals surface area contributed by atoms with Crippen molar-refractivity contribution in [1.29, 1.82) is 0 Å². The molecule has 0 fully saturated rings.